The third kappa shape index (κ3) is 1.56. The van der Waals surface area contributed by atoms with Crippen LogP contribution in [-0.2, 0) is 7.05 Å². The van der Waals surface area contributed by atoms with E-state index in [0.29, 0.717) is 5.95 Å². The molecule has 72 valence electrons. The summed E-state index contributed by atoms with van der Waals surface area (Å²) in [5, 5.41) is 14.3. The van der Waals surface area contributed by atoms with Crippen molar-refractivity contribution in [3.05, 3.63) is 29.8 Å². The van der Waals surface area contributed by atoms with Gasteiger partial charge in [-0.15, -0.1) is 0 Å². The highest BCUT2D eigenvalue weighted by atomic mass is 15.6. The third-order valence-electron chi connectivity index (χ3n) is 2.01. The number of anilines is 2. The summed E-state index contributed by atoms with van der Waals surface area (Å²) in [6, 6.07) is 7.99. The van der Waals surface area contributed by atoms with Crippen LogP contribution in [0.5, 0.6) is 0 Å². The van der Waals surface area contributed by atoms with Gasteiger partial charge in [-0.1, -0.05) is 23.3 Å². The third-order valence-corrected chi connectivity index (χ3v) is 2.01. The first-order valence-corrected chi connectivity index (χ1v) is 4.32. The molecule has 0 spiro atoms. The summed E-state index contributed by atoms with van der Waals surface area (Å²) >= 11 is 0. The smallest absolute Gasteiger partial charge is 0.247 e. The highest BCUT2D eigenvalue weighted by Gasteiger charge is 2.02. The number of hydrogen-bond donors (Lipinski definition) is 1. The molecule has 0 bridgehead atoms. The van der Waals surface area contributed by atoms with Crippen molar-refractivity contribution in [2.24, 2.45) is 7.05 Å². The van der Waals surface area contributed by atoms with Gasteiger partial charge < -0.3 is 5.32 Å². The Kier molecular flexibility index (Phi) is 2.14. The fourth-order valence-corrected chi connectivity index (χ4v) is 1.17. The van der Waals surface area contributed by atoms with Crippen molar-refractivity contribution in [3.63, 3.8) is 0 Å². The number of aromatic nitrogens is 4. The van der Waals surface area contributed by atoms with Gasteiger partial charge in [0.15, 0.2) is 0 Å². The quantitative estimate of drug-likeness (QED) is 0.772. The molecule has 1 N–H and O–H groups in total. The molecule has 0 unspecified atom stereocenters. The molecule has 1 heterocycles. The number of benzene rings is 1. The van der Waals surface area contributed by atoms with E-state index in [1.165, 1.54) is 0 Å². The minimum absolute atomic E-state index is 0.638. The summed E-state index contributed by atoms with van der Waals surface area (Å²) in [5.74, 6) is 0.638. The maximum atomic E-state index is 3.84. The Labute approximate surface area is 81.8 Å². The molecule has 0 saturated heterocycles. The van der Waals surface area contributed by atoms with Crippen LogP contribution in [0, 0.1) is 6.92 Å². The Morgan fingerprint density at radius 2 is 2.07 bits per heavy atom. The van der Waals surface area contributed by atoms with Crippen LogP contribution in [0.4, 0.5) is 11.6 Å². The van der Waals surface area contributed by atoms with Gasteiger partial charge in [0, 0.05) is 12.7 Å². The van der Waals surface area contributed by atoms with E-state index in [9.17, 15) is 0 Å². The highest BCUT2D eigenvalue weighted by Crippen LogP contribution is 2.16. The summed E-state index contributed by atoms with van der Waals surface area (Å²) in [6.07, 6.45) is 0. The van der Waals surface area contributed by atoms with Crippen LogP contribution in [0.15, 0.2) is 24.3 Å². The highest BCUT2D eigenvalue weighted by molar-refractivity contribution is 5.57. The SMILES string of the molecule is Cc1ccccc1Nc1nnnn1C. The number of aryl methyl sites for hydroxylation is 2. The van der Waals surface area contributed by atoms with Crippen LogP contribution in [0.3, 0.4) is 0 Å². The van der Waals surface area contributed by atoms with E-state index in [2.05, 4.69) is 20.8 Å². The van der Waals surface area contributed by atoms with Crippen LogP contribution >= 0.6 is 0 Å². The molecule has 0 radical (unpaired) electrons. The second kappa shape index (κ2) is 3.45. The van der Waals surface area contributed by atoms with E-state index in [4.69, 9.17) is 0 Å². The van der Waals surface area contributed by atoms with Crippen LogP contribution < -0.4 is 5.32 Å². The van der Waals surface area contributed by atoms with Gasteiger partial charge in [-0.25, -0.2) is 4.68 Å². The number of nitrogens with zero attached hydrogens (tertiary/aromatic N) is 4. The zero-order valence-corrected chi connectivity index (χ0v) is 8.10. The molecular formula is C9H11N5. The van der Waals surface area contributed by atoms with E-state index in [0.717, 1.165) is 11.3 Å². The molecule has 2 aromatic rings. The first kappa shape index (κ1) is 8.68. The van der Waals surface area contributed by atoms with E-state index >= 15 is 0 Å². The van der Waals surface area contributed by atoms with Gasteiger partial charge in [0.2, 0.25) is 5.95 Å². The van der Waals surface area contributed by atoms with E-state index < -0.39 is 0 Å². The van der Waals surface area contributed by atoms with Gasteiger partial charge in [-0.2, -0.15) is 0 Å². The molecule has 0 saturated carbocycles. The van der Waals surface area contributed by atoms with Crippen molar-refractivity contribution >= 4 is 11.6 Å². The summed E-state index contributed by atoms with van der Waals surface area (Å²) in [5.41, 5.74) is 2.18. The summed E-state index contributed by atoms with van der Waals surface area (Å²) in [7, 11) is 1.79. The van der Waals surface area contributed by atoms with Gasteiger partial charge in [0.05, 0.1) is 0 Å². The second-order valence-electron chi connectivity index (χ2n) is 3.07. The van der Waals surface area contributed by atoms with Crippen molar-refractivity contribution in [2.75, 3.05) is 5.32 Å². The lowest BCUT2D eigenvalue weighted by molar-refractivity contribution is 0.715. The molecule has 0 atom stereocenters. The van der Waals surface area contributed by atoms with Gasteiger partial charge in [-0.05, 0) is 29.0 Å². The topological polar surface area (TPSA) is 55.6 Å². The van der Waals surface area contributed by atoms with Gasteiger partial charge in [0.1, 0.15) is 0 Å². The standard InChI is InChI=1S/C9H11N5/c1-7-5-3-4-6-8(7)10-9-11-12-13-14(9)2/h3-6H,1-2H3,(H,10,11,13). The Balaban J connectivity index is 2.28. The molecule has 0 aliphatic rings. The first-order chi connectivity index (χ1) is 6.77. The van der Waals surface area contributed by atoms with Gasteiger partial charge >= 0.3 is 0 Å². The number of tetrazole rings is 1. The largest absolute Gasteiger partial charge is 0.323 e. The second-order valence-corrected chi connectivity index (χ2v) is 3.07. The number of rotatable bonds is 2. The fraction of sp³-hybridized carbons (Fsp3) is 0.222. The zero-order chi connectivity index (χ0) is 9.97. The number of para-hydroxylation sites is 1. The summed E-state index contributed by atoms with van der Waals surface area (Å²) in [4.78, 5) is 0. The van der Waals surface area contributed by atoms with Crippen molar-refractivity contribution in [3.8, 4) is 0 Å². The Morgan fingerprint density at radius 1 is 1.29 bits per heavy atom. The Hall–Kier alpha value is -1.91. The molecule has 0 aliphatic heterocycles. The summed E-state index contributed by atoms with van der Waals surface area (Å²) in [6.45, 7) is 2.03. The van der Waals surface area contributed by atoms with Crippen molar-refractivity contribution in [1.29, 1.82) is 0 Å². The monoisotopic (exact) mass is 189 g/mol. The normalized spacial score (nSPS) is 10.1. The average molecular weight is 189 g/mol. The van der Waals surface area contributed by atoms with Crippen LogP contribution in [0.2, 0.25) is 0 Å². The van der Waals surface area contributed by atoms with Crippen LogP contribution in [-0.4, -0.2) is 20.2 Å². The van der Waals surface area contributed by atoms with E-state index in [1.807, 2.05) is 31.2 Å². The fourth-order valence-electron chi connectivity index (χ4n) is 1.17. The van der Waals surface area contributed by atoms with Gasteiger partial charge in [0.25, 0.3) is 0 Å². The van der Waals surface area contributed by atoms with E-state index in [1.54, 1.807) is 11.7 Å². The summed E-state index contributed by atoms with van der Waals surface area (Å²) < 4.78 is 1.59. The van der Waals surface area contributed by atoms with Crippen molar-refractivity contribution in [2.45, 2.75) is 6.92 Å². The van der Waals surface area contributed by atoms with E-state index in [-0.39, 0.29) is 0 Å². The molecule has 0 fully saturated rings. The van der Waals surface area contributed by atoms with Crippen LogP contribution in [0.25, 0.3) is 0 Å². The number of hydrogen-bond acceptors (Lipinski definition) is 4. The molecule has 1 aromatic heterocycles. The molecule has 5 heteroatoms. The lowest BCUT2D eigenvalue weighted by atomic mass is 10.2. The lowest BCUT2D eigenvalue weighted by Crippen LogP contribution is -2.01. The molecule has 5 nitrogen and oxygen atoms in total. The predicted octanol–water partition coefficient (Wildman–Crippen LogP) is 1.26. The maximum absolute atomic E-state index is 3.84. The maximum Gasteiger partial charge on any atom is 0.247 e. The minimum atomic E-state index is 0.638. The molecule has 1 aromatic carbocycles. The zero-order valence-electron chi connectivity index (χ0n) is 8.10. The van der Waals surface area contributed by atoms with Crippen molar-refractivity contribution < 1.29 is 0 Å². The Bertz CT molecular complexity index is 434. The Morgan fingerprint density at radius 3 is 2.71 bits per heavy atom. The first-order valence-electron chi connectivity index (χ1n) is 4.32. The average Bonchev–Trinajstić information content (AvgIpc) is 2.56. The molecule has 14 heavy (non-hydrogen) atoms. The lowest BCUT2D eigenvalue weighted by Gasteiger charge is -2.06. The molecule has 0 amide bonds. The predicted molar refractivity (Wildman–Crippen MR) is 53.3 cm³/mol. The minimum Gasteiger partial charge on any atom is -0.323 e. The number of nitrogens with one attached hydrogen (secondary N) is 1. The van der Waals surface area contributed by atoms with Crippen LogP contribution in [0.1, 0.15) is 5.56 Å². The van der Waals surface area contributed by atoms with Gasteiger partial charge in [-0.3, -0.25) is 0 Å². The van der Waals surface area contributed by atoms with Crippen molar-refractivity contribution in [1.82, 2.24) is 20.2 Å². The molecule has 0 aliphatic carbocycles. The molecule has 2 rings (SSSR count). The molecular weight excluding hydrogens is 178 g/mol.